The molecule has 278 valence electrons. The third kappa shape index (κ3) is 12.0. The number of amides is 1. The van der Waals surface area contributed by atoms with Crippen molar-refractivity contribution in [1.29, 1.82) is 0 Å². The highest BCUT2D eigenvalue weighted by Crippen LogP contribution is 2.25. The molecule has 0 aliphatic carbocycles. The number of Topliss-reactive ketones (excluding diaryl/α,β-unsaturated/α-hetero) is 3. The van der Waals surface area contributed by atoms with E-state index in [2.05, 4.69) is 30.6 Å². The summed E-state index contributed by atoms with van der Waals surface area (Å²) in [5.41, 5.74) is 14.7. The molecule has 0 spiro atoms. The highest BCUT2D eigenvalue weighted by molar-refractivity contribution is 5.96. The summed E-state index contributed by atoms with van der Waals surface area (Å²) in [7, 11) is 0. The summed E-state index contributed by atoms with van der Waals surface area (Å²) < 4.78 is 0. The number of aliphatic imine (C=N–C) groups is 1. The first-order chi connectivity index (χ1) is 24.9. The second-order valence-electron chi connectivity index (χ2n) is 14.2. The predicted octanol–water partition coefficient (Wildman–Crippen LogP) is 4.20. The van der Waals surface area contributed by atoms with Crippen LogP contribution in [0.15, 0.2) is 78.3 Å². The lowest BCUT2D eigenvalue weighted by atomic mass is 9.84. The van der Waals surface area contributed by atoms with E-state index >= 15 is 0 Å². The smallest absolute Gasteiger partial charge is 0.224 e. The molecule has 0 saturated heterocycles. The summed E-state index contributed by atoms with van der Waals surface area (Å²) in [4.78, 5) is 70.4. The maximum atomic E-state index is 14.2. The van der Waals surface area contributed by atoms with E-state index in [-0.39, 0.29) is 61.1 Å². The van der Waals surface area contributed by atoms with Gasteiger partial charge in [-0.25, -0.2) is 4.98 Å². The van der Waals surface area contributed by atoms with Gasteiger partial charge in [-0.1, -0.05) is 76.2 Å². The zero-order valence-electron chi connectivity index (χ0n) is 30.7. The molecule has 0 aliphatic rings. The van der Waals surface area contributed by atoms with Gasteiger partial charge in [0.15, 0.2) is 17.5 Å². The van der Waals surface area contributed by atoms with Gasteiger partial charge in [0.2, 0.25) is 5.91 Å². The average Bonchev–Trinajstić information content (AvgIpc) is 3.78. The molecule has 1 amide bonds. The zero-order chi connectivity index (χ0) is 37.6. The minimum atomic E-state index is -0.907. The van der Waals surface area contributed by atoms with E-state index in [1.807, 2.05) is 88.5 Å². The molecule has 4 aromatic rings. The number of fused-ring (bicyclic) bond motifs is 1. The lowest BCUT2D eigenvalue weighted by molar-refractivity contribution is -0.134. The largest absolute Gasteiger partial charge is 0.370 e. The van der Waals surface area contributed by atoms with Crippen LogP contribution in [0.1, 0.15) is 70.2 Å². The average molecular weight is 711 g/mol. The van der Waals surface area contributed by atoms with E-state index in [1.54, 1.807) is 12.5 Å². The Kier molecular flexibility index (Phi) is 14.9. The van der Waals surface area contributed by atoms with Crippen molar-refractivity contribution in [1.82, 2.24) is 25.6 Å². The summed E-state index contributed by atoms with van der Waals surface area (Å²) in [5.74, 6) is -2.46. The molecule has 2 heterocycles. The van der Waals surface area contributed by atoms with Crippen LogP contribution in [0.2, 0.25) is 0 Å². The highest BCUT2D eigenvalue weighted by Gasteiger charge is 2.33. The molecule has 0 aliphatic heterocycles. The summed E-state index contributed by atoms with van der Waals surface area (Å²) in [6, 6.07) is 15.9. The van der Waals surface area contributed by atoms with Crippen molar-refractivity contribution in [3.63, 3.8) is 0 Å². The van der Waals surface area contributed by atoms with Crippen molar-refractivity contribution in [2.24, 2.45) is 34.2 Å². The fraction of sp³-hybridized carbons (Fsp3) is 0.450. The Hall–Kier alpha value is -5.10. The fourth-order valence-corrected chi connectivity index (χ4v) is 6.63. The Balaban J connectivity index is 1.58. The molecule has 4 atom stereocenters. The first-order valence-corrected chi connectivity index (χ1v) is 18.2. The van der Waals surface area contributed by atoms with Crippen LogP contribution in [0, 0.1) is 17.8 Å². The molecule has 12 heteroatoms. The number of benzene rings is 2. The number of carbonyl (C=O) groups is 4. The second kappa shape index (κ2) is 19.5. The van der Waals surface area contributed by atoms with E-state index in [0.717, 1.165) is 27.7 Å². The number of nitrogens with zero attached hydrogens (tertiary/aromatic N) is 2. The van der Waals surface area contributed by atoms with Crippen molar-refractivity contribution in [2.45, 2.75) is 90.8 Å². The molecule has 12 nitrogen and oxygen atoms in total. The van der Waals surface area contributed by atoms with Crippen LogP contribution in [0.5, 0.6) is 0 Å². The van der Waals surface area contributed by atoms with Gasteiger partial charge < -0.3 is 32.1 Å². The maximum absolute atomic E-state index is 14.2. The Bertz CT molecular complexity index is 1780. The monoisotopic (exact) mass is 710 g/mol. The molecule has 0 saturated carbocycles. The van der Waals surface area contributed by atoms with Crippen molar-refractivity contribution >= 4 is 40.1 Å². The number of hydrogen-bond acceptors (Lipinski definition) is 7. The van der Waals surface area contributed by atoms with Crippen LogP contribution in [0.25, 0.3) is 10.9 Å². The number of imidazole rings is 1. The minimum absolute atomic E-state index is 0.0160. The molecular weight excluding hydrogens is 656 g/mol. The number of nitrogens with one attached hydrogen (secondary N) is 4. The molecule has 0 radical (unpaired) electrons. The number of rotatable bonds is 22. The minimum Gasteiger partial charge on any atom is -0.370 e. The van der Waals surface area contributed by atoms with Crippen molar-refractivity contribution < 1.29 is 19.2 Å². The fourth-order valence-electron chi connectivity index (χ4n) is 6.63. The van der Waals surface area contributed by atoms with Crippen molar-refractivity contribution in [3.05, 3.63) is 90.1 Å². The van der Waals surface area contributed by atoms with Gasteiger partial charge in [0.25, 0.3) is 0 Å². The van der Waals surface area contributed by atoms with Crippen LogP contribution in [-0.4, -0.2) is 68.8 Å². The topological polar surface area (TPSA) is 201 Å². The normalized spacial score (nSPS) is 13.8. The molecule has 0 bridgehead atoms. The van der Waals surface area contributed by atoms with E-state index in [1.165, 1.54) is 0 Å². The lowest BCUT2D eigenvalue weighted by Crippen LogP contribution is -2.47. The molecule has 52 heavy (non-hydrogen) atoms. The molecule has 0 unspecified atom stereocenters. The number of aromatic nitrogens is 3. The van der Waals surface area contributed by atoms with Crippen LogP contribution < -0.4 is 22.1 Å². The van der Waals surface area contributed by atoms with Gasteiger partial charge in [-0.05, 0) is 42.9 Å². The number of ketones is 3. The third-order valence-electron chi connectivity index (χ3n) is 9.26. The molecule has 4 rings (SSSR count). The third-order valence-corrected chi connectivity index (χ3v) is 9.26. The number of guanidine groups is 1. The van der Waals surface area contributed by atoms with E-state index in [9.17, 15) is 19.2 Å². The van der Waals surface area contributed by atoms with Gasteiger partial charge in [-0.2, -0.15) is 0 Å². The number of aromatic amines is 2. The Labute approximate surface area is 306 Å². The van der Waals surface area contributed by atoms with Gasteiger partial charge in [0.05, 0.1) is 18.4 Å². The van der Waals surface area contributed by atoms with E-state index in [4.69, 9.17) is 11.5 Å². The Morgan fingerprint density at radius 3 is 2.19 bits per heavy atom. The SMILES string of the molecule is CC(C)N[C@@H](Cc1cnc[nH]1)C(=O)C[C@H](Cc1ccccc1)C(=O)N[C@@H](CCCN=C(N)N)C(=O)C[C@@H](Cc1c[nH]c2ccccc12)C(=O)C(C)C. The predicted molar refractivity (Wildman–Crippen MR) is 204 cm³/mol. The molecular formula is C40H54N8O4. The number of para-hydroxylation sites is 1. The summed E-state index contributed by atoms with van der Waals surface area (Å²) in [5, 5.41) is 7.37. The summed E-state index contributed by atoms with van der Waals surface area (Å²) >= 11 is 0. The van der Waals surface area contributed by atoms with E-state index in [0.29, 0.717) is 25.7 Å². The molecule has 8 N–H and O–H groups in total. The van der Waals surface area contributed by atoms with Gasteiger partial charge in [0, 0.05) is 78.6 Å². The van der Waals surface area contributed by atoms with Crippen LogP contribution in [0.3, 0.4) is 0 Å². The van der Waals surface area contributed by atoms with Crippen LogP contribution in [-0.2, 0) is 38.4 Å². The summed E-state index contributed by atoms with van der Waals surface area (Å²) in [6.07, 6.45) is 6.83. The quantitative estimate of drug-likeness (QED) is 0.0396. The number of carbonyl (C=O) groups excluding carboxylic acids is 4. The number of H-pyrrole nitrogens is 2. The first-order valence-electron chi connectivity index (χ1n) is 18.2. The lowest BCUT2D eigenvalue weighted by Gasteiger charge is -2.26. The Morgan fingerprint density at radius 2 is 1.52 bits per heavy atom. The van der Waals surface area contributed by atoms with Crippen LogP contribution >= 0.6 is 0 Å². The van der Waals surface area contributed by atoms with Gasteiger partial charge >= 0.3 is 0 Å². The maximum Gasteiger partial charge on any atom is 0.224 e. The summed E-state index contributed by atoms with van der Waals surface area (Å²) in [6.45, 7) is 7.88. The van der Waals surface area contributed by atoms with Crippen molar-refractivity contribution in [2.75, 3.05) is 6.54 Å². The van der Waals surface area contributed by atoms with Gasteiger partial charge in [-0.15, -0.1) is 0 Å². The van der Waals surface area contributed by atoms with Gasteiger partial charge in [0.1, 0.15) is 5.78 Å². The van der Waals surface area contributed by atoms with Gasteiger partial charge in [-0.3, -0.25) is 24.2 Å². The number of hydrogen-bond donors (Lipinski definition) is 6. The Morgan fingerprint density at radius 1 is 0.827 bits per heavy atom. The van der Waals surface area contributed by atoms with E-state index < -0.39 is 29.8 Å². The zero-order valence-corrected chi connectivity index (χ0v) is 30.7. The standard InChI is InChI=1S/C40H54N8O4/c1-25(2)38(51)28(18-30-22-45-33-14-9-8-13-32(30)33)19-36(49)34(15-10-16-44-40(41)42)48-39(52)29(17-27-11-6-5-7-12-27)20-37(50)35(47-26(3)4)21-31-23-43-24-46-31/h5-9,11-14,22-26,28-29,34-35,45,47H,10,15-21H2,1-4H3,(H,43,46)(H,48,52)(H4,41,42,44)/t28-,29+,34+,35+/m1/s1. The highest BCUT2D eigenvalue weighted by atomic mass is 16.2. The van der Waals surface area contributed by atoms with Crippen molar-refractivity contribution in [3.8, 4) is 0 Å². The first kappa shape index (κ1) is 39.7. The molecule has 2 aromatic heterocycles. The second-order valence-corrected chi connectivity index (χ2v) is 14.2. The molecule has 2 aromatic carbocycles. The number of nitrogens with two attached hydrogens (primary N) is 2. The van der Waals surface area contributed by atoms with Crippen LogP contribution in [0.4, 0.5) is 0 Å². The molecule has 0 fully saturated rings.